The molecule has 7 heavy (non-hydrogen) atoms. The van der Waals surface area contributed by atoms with Gasteiger partial charge in [0.1, 0.15) is 6.17 Å². The van der Waals surface area contributed by atoms with Crippen LogP contribution in [0.1, 0.15) is 19.8 Å². The molecule has 0 fully saturated rings. The number of halogens is 2. The SMILES string of the molecule is CCC(F)C[CH]Cl. The minimum Gasteiger partial charge on any atom is -0.247 e. The van der Waals surface area contributed by atoms with Crippen molar-refractivity contribution in [2.45, 2.75) is 25.9 Å². The van der Waals surface area contributed by atoms with Crippen LogP contribution in [-0.4, -0.2) is 6.17 Å². The quantitative estimate of drug-likeness (QED) is 0.541. The second-order valence-corrected chi connectivity index (χ2v) is 1.70. The summed E-state index contributed by atoms with van der Waals surface area (Å²) in [5.41, 5.74) is 0. The first kappa shape index (κ1) is 7.22. The summed E-state index contributed by atoms with van der Waals surface area (Å²) in [5.74, 6) is 1.33. The molecule has 0 aliphatic heterocycles. The van der Waals surface area contributed by atoms with Gasteiger partial charge in [0, 0.05) is 0 Å². The maximum absolute atomic E-state index is 12.0. The molecular weight excluding hydrogens is 115 g/mol. The highest BCUT2D eigenvalue weighted by Crippen LogP contribution is 2.05. The van der Waals surface area contributed by atoms with E-state index in [1.165, 1.54) is 5.88 Å². The van der Waals surface area contributed by atoms with E-state index in [1.807, 2.05) is 0 Å². The molecule has 0 saturated carbocycles. The van der Waals surface area contributed by atoms with E-state index in [9.17, 15) is 4.39 Å². The third-order valence-electron chi connectivity index (χ3n) is 0.788. The van der Waals surface area contributed by atoms with Crippen LogP contribution in [0.15, 0.2) is 0 Å². The van der Waals surface area contributed by atoms with Gasteiger partial charge in [-0.05, 0) is 12.8 Å². The van der Waals surface area contributed by atoms with Gasteiger partial charge in [-0.1, -0.05) is 6.92 Å². The molecule has 0 nitrogen and oxygen atoms in total. The van der Waals surface area contributed by atoms with Crippen molar-refractivity contribution >= 4 is 11.6 Å². The molecule has 0 spiro atoms. The van der Waals surface area contributed by atoms with Crippen molar-refractivity contribution in [3.8, 4) is 0 Å². The van der Waals surface area contributed by atoms with E-state index in [-0.39, 0.29) is 0 Å². The van der Waals surface area contributed by atoms with Crippen LogP contribution in [0.25, 0.3) is 0 Å². The lowest BCUT2D eigenvalue weighted by molar-refractivity contribution is 0.325. The first-order valence-corrected chi connectivity index (χ1v) is 2.80. The van der Waals surface area contributed by atoms with Crippen LogP contribution >= 0.6 is 11.6 Å². The van der Waals surface area contributed by atoms with Crippen LogP contribution in [0.2, 0.25) is 0 Å². The zero-order valence-electron chi connectivity index (χ0n) is 4.32. The Morgan fingerprint density at radius 3 is 2.57 bits per heavy atom. The van der Waals surface area contributed by atoms with Gasteiger partial charge in [-0.3, -0.25) is 0 Å². The lowest BCUT2D eigenvalue weighted by atomic mass is 10.2. The monoisotopic (exact) mass is 123 g/mol. The Bertz CT molecular complexity index is 39.1. The summed E-state index contributed by atoms with van der Waals surface area (Å²) in [5, 5.41) is 0. The number of alkyl halides is 1. The third kappa shape index (κ3) is 4.07. The minimum absolute atomic E-state index is 0.373. The van der Waals surface area contributed by atoms with Crippen LogP contribution in [0.4, 0.5) is 4.39 Å². The molecule has 0 N–H and O–H groups in total. The van der Waals surface area contributed by atoms with Crippen LogP contribution in [0.3, 0.4) is 0 Å². The summed E-state index contributed by atoms with van der Waals surface area (Å²) in [7, 11) is 0. The molecule has 0 aromatic carbocycles. The first-order valence-electron chi connectivity index (χ1n) is 2.37. The van der Waals surface area contributed by atoms with Gasteiger partial charge in [0.15, 0.2) is 0 Å². The number of rotatable bonds is 3. The highest BCUT2D eigenvalue weighted by molar-refractivity contribution is 6.23. The first-order chi connectivity index (χ1) is 3.31. The Balaban J connectivity index is 2.83. The maximum Gasteiger partial charge on any atom is 0.101 e. The molecule has 0 aliphatic carbocycles. The van der Waals surface area contributed by atoms with Gasteiger partial charge < -0.3 is 0 Å². The van der Waals surface area contributed by atoms with E-state index < -0.39 is 6.17 Å². The fourth-order valence-corrected chi connectivity index (χ4v) is 0.457. The lowest BCUT2D eigenvalue weighted by Gasteiger charge is -1.96. The van der Waals surface area contributed by atoms with Crippen molar-refractivity contribution in [1.29, 1.82) is 0 Å². The average molecular weight is 124 g/mol. The second kappa shape index (κ2) is 4.38. The van der Waals surface area contributed by atoms with Crippen molar-refractivity contribution in [3.05, 3.63) is 5.88 Å². The molecule has 1 unspecified atom stereocenters. The Kier molecular flexibility index (Phi) is 4.52. The Labute approximate surface area is 48.7 Å². The van der Waals surface area contributed by atoms with Crippen LogP contribution in [0, 0.1) is 5.88 Å². The van der Waals surface area contributed by atoms with Crippen LogP contribution < -0.4 is 0 Å². The normalized spacial score (nSPS) is 14.1. The predicted molar refractivity (Wildman–Crippen MR) is 30.0 cm³/mol. The van der Waals surface area contributed by atoms with E-state index in [1.54, 1.807) is 6.92 Å². The summed E-state index contributed by atoms with van der Waals surface area (Å²) >= 11 is 5.11. The molecule has 0 bridgehead atoms. The van der Waals surface area contributed by atoms with E-state index >= 15 is 0 Å². The smallest absolute Gasteiger partial charge is 0.101 e. The van der Waals surface area contributed by atoms with Gasteiger partial charge in [0.05, 0.1) is 5.88 Å². The van der Waals surface area contributed by atoms with Crippen molar-refractivity contribution < 1.29 is 4.39 Å². The minimum atomic E-state index is -0.738. The molecule has 0 rings (SSSR count). The van der Waals surface area contributed by atoms with Gasteiger partial charge in [-0.15, -0.1) is 11.6 Å². The largest absolute Gasteiger partial charge is 0.247 e. The molecule has 0 aromatic heterocycles. The van der Waals surface area contributed by atoms with Gasteiger partial charge in [-0.2, -0.15) is 0 Å². The van der Waals surface area contributed by atoms with E-state index in [2.05, 4.69) is 0 Å². The highest BCUT2D eigenvalue weighted by atomic mass is 35.5. The molecule has 0 aliphatic rings. The van der Waals surface area contributed by atoms with Gasteiger partial charge in [0.2, 0.25) is 0 Å². The molecule has 2 heteroatoms. The standard InChI is InChI=1S/C5H9ClF/c1-2-5(7)3-4-6/h4-5H,2-3H2,1H3. The molecule has 1 atom stereocenters. The molecule has 1 radical (unpaired) electrons. The van der Waals surface area contributed by atoms with Gasteiger partial charge in [0.25, 0.3) is 0 Å². The fourth-order valence-electron chi connectivity index (χ4n) is 0.263. The third-order valence-corrected chi connectivity index (χ3v) is 0.966. The predicted octanol–water partition coefficient (Wildman–Crippen LogP) is 2.53. The molecule has 0 aromatic rings. The topological polar surface area (TPSA) is 0 Å². The highest BCUT2D eigenvalue weighted by Gasteiger charge is 1.98. The summed E-state index contributed by atoms with van der Waals surface area (Å²) < 4.78 is 12.0. The Morgan fingerprint density at radius 2 is 2.43 bits per heavy atom. The molecule has 0 amide bonds. The van der Waals surface area contributed by atoms with E-state index in [0.717, 1.165) is 0 Å². The van der Waals surface area contributed by atoms with Crippen molar-refractivity contribution in [3.63, 3.8) is 0 Å². The fraction of sp³-hybridized carbons (Fsp3) is 0.800. The van der Waals surface area contributed by atoms with Crippen molar-refractivity contribution in [2.75, 3.05) is 0 Å². The molecule has 43 valence electrons. The van der Waals surface area contributed by atoms with Gasteiger partial charge >= 0.3 is 0 Å². The van der Waals surface area contributed by atoms with Crippen molar-refractivity contribution in [1.82, 2.24) is 0 Å². The number of hydrogen-bond donors (Lipinski definition) is 0. The van der Waals surface area contributed by atoms with Gasteiger partial charge in [-0.25, -0.2) is 4.39 Å². The van der Waals surface area contributed by atoms with Crippen LogP contribution in [-0.2, 0) is 0 Å². The molecular formula is C5H9ClF. The Morgan fingerprint density at radius 1 is 1.86 bits per heavy atom. The Hall–Kier alpha value is 0.220. The number of hydrogen-bond acceptors (Lipinski definition) is 0. The summed E-state index contributed by atoms with van der Waals surface area (Å²) in [6.45, 7) is 1.80. The zero-order chi connectivity index (χ0) is 5.70. The second-order valence-electron chi connectivity index (χ2n) is 1.40. The zero-order valence-corrected chi connectivity index (χ0v) is 5.08. The van der Waals surface area contributed by atoms with Crippen molar-refractivity contribution in [2.24, 2.45) is 0 Å². The lowest BCUT2D eigenvalue weighted by Crippen LogP contribution is -1.93. The maximum atomic E-state index is 12.0. The van der Waals surface area contributed by atoms with E-state index in [4.69, 9.17) is 11.6 Å². The van der Waals surface area contributed by atoms with E-state index in [0.29, 0.717) is 12.8 Å². The summed E-state index contributed by atoms with van der Waals surface area (Å²) in [6, 6.07) is 0. The molecule has 0 heterocycles. The summed E-state index contributed by atoms with van der Waals surface area (Å²) in [4.78, 5) is 0. The summed E-state index contributed by atoms with van der Waals surface area (Å²) in [6.07, 6.45) is 0.193. The average Bonchev–Trinajstić information content (AvgIpc) is 1.68. The van der Waals surface area contributed by atoms with Crippen LogP contribution in [0.5, 0.6) is 0 Å². The molecule has 0 saturated heterocycles.